The van der Waals surface area contributed by atoms with Gasteiger partial charge in [-0.3, -0.25) is 14.6 Å². The molecular formula is C20H15F4N3O2. The Labute approximate surface area is 162 Å². The molecule has 150 valence electrons. The Balaban J connectivity index is 2.00. The largest absolute Gasteiger partial charge is 0.416 e. The molecule has 0 spiro atoms. The van der Waals surface area contributed by atoms with Crippen LogP contribution in [0.1, 0.15) is 38.8 Å². The van der Waals surface area contributed by atoms with Gasteiger partial charge in [0.25, 0.3) is 11.5 Å². The summed E-state index contributed by atoms with van der Waals surface area (Å²) in [6.07, 6.45) is -2.02. The first kappa shape index (κ1) is 20.2. The van der Waals surface area contributed by atoms with Crippen LogP contribution in [0.5, 0.6) is 0 Å². The molecule has 0 bridgehead atoms. The average Bonchev–Trinajstić information content (AvgIpc) is 2.68. The highest BCUT2D eigenvalue weighted by molar-refractivity contribution is 5.94. The van der Waals surface area contributed by atoms with Gasteiger partial charge in [0.15, 0.2) is 0 Å². The van der Waals surface area contributed by atoms with E-state index < -0.39 is 29.5 Å². The monoisotopic (exact) mass is 405 g/mol. The highest BCUT2D eigenvalue weighted by Gasteiger charge is 2.31. The third-order valence-electron chi connectivity index (χ3n) is 4.26. The van der Waals surface area contributed by atoms with Crippen LogP contribution in [0.3, 0.4) is 0 Å². The van der Waals surface area contributed by atoms with Crippen LogP contribution in [-0.2, 0) is 6.18 Å². The Morgan fingerprint density at radius 2 is 1.86 bits per heavy atom. The number of carbonyl (C=O) groups is 1. The number of benzene rings is 1. The predicted octanol–water partition coefficient (Wildman–Crippen LogP) is 3.76. The minimum absolute atomic E-state index is 0.107. The fourth-order valence-electron chi connectivity index (χ4n) is 2.73. The summed E-state index contributed by atoms with van der Waals surface area (Å²) < 4.78 is 52.8. The van der Waals surface area contributed by atoms with E-state index in [2.05, 4.69) is 15.3 Å². The number of hydrogen-bond acceptors (Lipinski definition) is 3. The van der Waals surface area contributed by atoms with Crippen molar-refractivity contribution in [2.75, 3.05) is 0 Å². The van der Waals surface area contributed by atoms with Gasteiger partial charge in [0, 0.05) is 18.0 Å². The van der Waals surface area contributed by atoms with Gasteiger partial charge >= 0.3 is 6.18 Å². The number of hydrogen-bond donors (Lipinski definition) is 2. The highest BCUT2D eigenvalue weighted by atomic mass is 19.4. The van der Waals surface area contributed by atoms with Gasteiger partial charge in [0.05, 0.1) is 17.2 Å². The van der Waals surface area contributed by atoms with Gasteiger partial charge in [-0.1, -0.05) is 12.1 Å². The van der Waals surface area contributed by atoms with Crippen molar-refractivity contribution in [3.63, 3.8) is 0 Å². The summed E-state index contributed by atoms with van der Waals surface area (Å²) in [5, 5.41) is 2.57. The van der Waals surface area contributed by atoms with Crippen molar-refractivity contribution in [2.45, 2.75) is 19.1 Å². The van der Waals surface area contributed by atoms with E-state index in [9.17, 15) is 27.2 Å². The summed E-state index contributed by atoms with van der Waals surface area (Å²) in [6.45, 7) is 1.52. The summed E-state index contributed by atoms with van der Waals surface area (Å²) in [4.78, 5) is 30.5. The van der Waals surface area contributed by atoms with Crippen LogP contribution in [0.25, 0.3) is 0 Å². The lowest BCUT2D eigenvalue weighted by Gasteiger charge is -2.20. The second-order valence-corrected chi connectivity index (χ2v) is 6.30. The van der Waals surface area contributed by atoms with Crippen molar-refractivity contribution in [1.29, 1.82) is 0 Å². The SMILES string of the molecule is Cc1cc(C(=O)N[C@@H](c2ccc(C(F)(F)F)cc2)c2ncccc2F)c[nH]c1=O. The number of carbonyl (C=O) groups excluding carboxylic acids is 1. The van der Waals surface area contributed by atoms with Gasteiger partial charge in [-0.05, 0) is 42.8 Å². The molecule has 2 N–H and O–H groups in total. The third-order valence-corrected chi connectivity index (χ3v) is 4.26. The third kappa shape index (κ3) is 4.50. The van der Waals surface area contributed by atoms with Crippen molar-refractivity contribution in [1.82, 2.24) is 15.3 Å². The number of H-pyrrole nitrogens is 1. The quantitative estimate of drug-likeness (QED) is 0.649. The molecule has 1 aromatic carbocycles. The maximum Gasteiger partial charge on any atom is 0.416 e. The van der Waals surface area contributed by atoms with E-state index in [4.69, 9.17) is 0 Å². The summed E-state index contributed by atoms with van der Waals surface area (Å²) >= 11 is 0. The first-order valence-electron chi connectivity index (χ1n) is 8.44. The smallest absolute Gasteiger partial charge is 0.339 e. The Morgan fingerprint density at radius 1 is 1.17 bits per heavy atom. The van der Waals surface area contributed by atoms with Crippen LogP contribution >= 0.6 is 0 Å². The molecule has 3 aromatic rings. The van der Waals surface area contributed by atoms with Crippen LogP contribution in [0.2, 0.25) is 0 Å². The van der Waals surface area contributed by atoms with Gasteiger partial charge in [-0.2, -0.15) is 13.2 Å². The van der Waals surface area contributed by atoms with Crippen molar-refractivity contribution in [3.05, 3.63) is 99.0 Å². The van der Waals surface area contributed by atoms with E-state index in [-0.39, 0.29) is 22.4 Å². The summed E-state index contributed by atoms with van der Waals surface area (Å²) in [7, 11) is 0. The molecule has 0 aliphatic carbocycles. The van der Waals surface area contributed by atoms with E-state index in [0.29, 0.717) is 5.56 Å². The molecule has 0 saturated carbocycles. The Kier molecular flexibility index (Phi) is 5.49. The molecular weight excluding hydrogens is 390 g/mol. The minimum atomic E-state index is -4.53. The zero-order valence-electron chi connectivity index (χ0n) is 15.0. The van der Waals surface area contributed by atoms with Gasteiger partial charge in [-0.15, -0.1) is 0 Å². The van der Waals surface area contributed by atoms with Gasteiger partial charge in [0.2, 0.25) is 0 Å². The van der Waals surface area contributed by atoms with Crippen molar-refractivity contribution in [3.8, 4) is 0 Å². The summed E-state index contributed by atoms with van der Waals surface area (Å²) in [5.74, 6) is -1.38. The number of nitrogens with zero attached hydrogens (tertiary/aromatic N) is 1. The van der Waals surface area contributed by atoms with Crippen molar-refractivity contribution >= 4 is 5.91 Å². The summed E-state index contributed by atoms with van der Waals surface area (Å²) in [5.41, 5.74) is -0.768. The predicted molar refractivity (Wildman–Crippen MR) is 96.7 cm³/mol. The van der Waals surface area contributed by atoms with E-state index in [0.717, 1.165) is 30.3 Å². The molecule has 0 aliphatic heterocycles. The van der Waals surface area contributed by atoms with E-state index in [1.54, 1.807) is 0 Å². The number of rotatable bonds is 4. The molecule has 2 heterocycles. The number of aryl methyl sites for hydroxylation is 1. The van der Waals surface area contributed by atoms with E-state index >= 15 is 0 Å². The Bertz CT molecular complexity index is 1090. The Morgan fingerprint density at radius 3 is 2.45 bits per heavy atom. The number of pyridine rings is 2. The highest BCUT2D eigenvalue weighted by Crippen LogP contribution is 2.31. The molecule has 5 nitrogen and oxygen atoms in total. The van der Waals surface area contributed by atoms with E-state index in [1.807, 2.05) is 0 Å². The van der Waals surface area contributed by atoms with Crippen LogP contribution < -0.4 is 10.9 Å². The second kappa shape index (κ2) is 7.86. The fourth-order valence-corrected chi connectivity index (χ4v) is 2.73. The molecule has 0 fully saturated rings. The maximum atomic E-state index is 14.3. The lowest BCUT2D eigenvalue weighted by Crippen LogP contribution is -2.31. The first-order valence-corrected chi connectivity index (χ1v) is 8.44. The standard InChI is InChI=1S/C20H15F4N3O2/c1-11-9-13(10-26-18(11)28)19(29)27-16(17-15(21)3-2-8-25-17)12-4-6-14(7-5-12)20(22,23)24/h2-10,16H,1H3,(H,26,28)(H,27,29)/t16-/m0/s1. The lowest BCUT2D eigenvalue weighted by atomic mass is 10.00. The molecule has 1 atom stereocenters. The fraction of sp³-hybridized carbons (Fsp3) is 0.150. The number of nitrogens with one attached hydrogen (secondary N) is 2. The van der Waals surface area contributed by atoms with Gasteiger partial charge in [-0.25, -0.2) is 4.39 Å². The molecule has 0 saturated heterocycles. The van der Waals surface area contributed by atoms with Gasteiger partial charge in [0.1, 0.15) is 11.5 Å². The number of alkyl halides is 3. The van der Waals surface area contributed by atoms with E-state index in [1.165, 1.54) is 31.5 Å². The van der Waals surface area contributed by atoms with Crippen molar-refractivity contribution in [2.24, 2.45) is 0 Å². The molecule has 1 amide bonds. The van der Waals surface area contributed by atoms with Gasteiger partial charge < -0.3 is 10.3 Å². The topological polar surface area (TPSA) is 74.8 Å². The van der Waals surface area contributed by atoms with Crippen molar-refractivity contribution < 1.29 is 22.4 Å². The molecule has 3 rings (SSSR count). The number of amides is 1. The minimum Gasteiger partial charge on any atom is -0.339 e. The lowest BCUT2D eigenvalue weighted by molar-refractivity contribution is -0.137. The first-order chi connectivity index (χ1) is 13.7. The normalized spacial score (nSPS) is 12.4. The molecule has 2 aromatic heterocycles. The van der Waals surface area contributed by atoms with Crippen LogP contribution in [0.4, 0.5) is 17.6 Å². The number of aromatic nitrogens is 2. The molecule has 0 aliphatic rings. The van der Waals surface area contributed by atoms with Crippen LogP contribution in [-0.4, -0.2) is 15.9 Å². The molecule has 29 heavy (non-hydrogen) atoms. The zero-order chi connectivity index (χ0) is 21.2. The van der Waals surface area contributed by atoms with Crippen LogP contribution in [0, 0.1) is 12.7 Å². The number of aromatic amines is 1. The molecule has 0 unspecified atom stereocenters. The van der Waals surface area contributed by atoms with Crippen LogP contribution in [0.15, 0.2) is 59.7 Å². The average molecular weight is 405 g/mol. The molecule has 0 radical (unpaired) electrons. The second-order valence-electron chi connectivity index (χ2n) is 6.30. The summed E-state index contributed by atoms with van der Waals surface area (Å²) in [6, 6.07) is 6.70. The number of halogens is 4. The zero-order valence-corrected chi connectivity index (χ0v) is 15.0. The Hall–Kier alpha value is -3.49. The molecule has 9 heteroatoms. The maximum absolute atomic E-state index is 14.3.